The van der Waals surface area contributed by atoms with Gasteiger partial charge in [0.2, 0.25) is 12.7 Å². The SMILES string of the molecule is CN(C)C(CNC(=O)C(c1ccccc1)C1CC1)c1ccc2c(c1)OCO2. The first-order chi connectivity index (χ1) is 13.1. The molecule has 2 aliphatic rings. The third-order valence-electron chi connectivity index (χ3n) is 5.41. The number of nitrogens with one attached hydrogen (secondary N) is 1. The Labute approximate surface area is 160 Å². The normalized spacial score (nSPS) is 17.6. The first-order valence-corrected chi connectivity index (χ1v) is 9.52. The van der Waals surface area contributed by atoms with E-state index in [-0.39, 0.29) is 24.7 Å². The van der Waals surface area contributed by atoms with Crippen molar-refractivity contribution in [2.75, 3.05) is 27.4 Å². The molecule has 0 saturated heterocycles. The number of fused-ring (bicyclic) bond motifs is 1. The second-order valence-corrected chi connectivity index (χ2v) is 7.56. The summed E-state index contributed by atoms with van der Waals surface area (Å²) in [5.41, 5.74) is 2.22. The molecule has 2 aromatic carbocycles. The summed E-state index contributed by atoms with van der Waals surface area (Å²) in [4.78, 5) is 15.1. The van der Waals surface area contributed by atoms with Gasteiger partial charge in [-0.1, -0.05) is 36.4 Å². The highest BCUT2D eigenvalue weighted by Crippen LogP contribution is 2.42. The number of nitrogens with zero attached hydrogens (tertiary/aromatic N) is 1. The van der Waals surface area contributed by atoms with E-state index >= 15 is 0 Å². The number of benzene rings is 2. The molecule has 1 amide bonds. The van der Waals surface area contributed by atoms with Gasteiger partial charge in [0, 0.05) is 6.54 Å². The standard InChI is InChI=1S/C22H26N2O3/c1-24(2)18(17-10-11-19-20(12-17)27-14-26-19)13-23-22(25)21(16-8-9-16)15-6-4-3-5-7-15/h3-7,10-12,16,18,21H,8-9,13-14H2,1-2H3,(H,23,25). The van der Waals surface area contributed by atoms with Crippen LogP contribution in [0.5, 0.6) is 11.5 Å². The zero-order chi connectivity index (χ0) is 18.8. The van der Waals surface area contributed by atoms with E-state index in [2.05, 4.69) is 22.3 Å². The molecule has 1 saturated carbocycles. The van der Waals surface area contributed by atoms with Crippen LogP contribution in [-0.4, -0.2) is 38.2 Å². The molecule has 0 spiro atoms. The maximum absolute atomic E-state index is 13.0. The fourth-order valence-electron chi connectivity index (χ4n) is 3.75. The molecule has 1 fully saturated rings. The summed E-state index contributed by atoms with van der Waals surface area (Å²) in [6.07, 6.45) is 2.26. The van der Waals surface area contributed by atoms with Gasteiger partial charge in [-0.3, -0.25) is 4.79 Å². The van der Waals surface area contributed by atoms with Crippen LogP contribution in [0.25, 0.3) is 0 Å². The van der Waals surface area contributed by atoms with E-state index in [0.29, 0.717) is 12.5 Å². The zero-order valence-electron chi connectivity index (χ0n) is 15.9. The van der Waals surface area contributed by atoms with Gasteiger partial charge in [0.15, 0.2) is 11.5 Å². The molecule has 2 atom stereocenters. The number of rotatable bonds is 7. The quantitative estimate of drug-likeness (QED) is 0.817. The van der Waals surface area contributed by atoms with Crippen LogP contribution in [0.1, 0.15) is 35.9 Å². The Morgan fingerprint density at radius 1 is 1.07 bits per heavy atom. The van der Waals surface area contributed by atoms with Crippen LogP contribution in [0.3, 0.4) is 0 Å². The number of ether oxygens (including phenoxy) is 2. The van der Waals surface area contributed by atoms with Crippen molar-refractivity contribution >= 4 is 5.91 Å². The van der Waals surface area contributed by atoms with E-state index < -0.39 is 0 Å². The lowest BCUT2D eigenvalue weighted by atomic mass is 9.93. The zero-order valence-corrected chi connectivity index (χ0v) is 15.9. The largest absolute Gasteiger partial charge is 0.454 e. The molecule has 2 aromatic rings. The molecule has 1 heterocycles. The number of carbonyl (C=O) groups excluding carboxylic acids is 1. The van der Waals surface area contributed by atoms with Gasteiger partial charge < -0.3 is 19.7 Å². The summed E-state index contributed by atoms with van der Waals surface area (Å²) < 4.78 is 10.9. The van der Waals surface area contributed by atoms with E-state index in [1.807, 2.05) is 50.5 Å². The van der Waals surface area contributed by atoms with Gasteiger partial charge in [0.25, 0.3) is 0 Å². The average Bonchev–Trinajstić information content (AvgIpc) is 3.38. The van der Waals surface area contributed by atoms with E-state index in [1.54, 1.807) is 0 Å². The number of amides is 1. The van der Waals surface area contributed by atoms with Gasteiger partial charge in [-0.05, 0) is 56.1 Å². The third-order valence-corrected chi connectivity index (χ3v) is 5.41. The second kappa shape index (κ2) is 7.61. The molecular weight excluding hydrogens is 340 g/mol. The van der Waals surface area contributed by atoms with Crippen LogP contribution in [0, 0.1) is 5.92 Å². The van der Waals surface area contributed by atoms with E-state index in [4.69, 9.17) is 9.47 Å². The third kappa shape index (κ3) is 3.93. The van der Waals surface area contributed by atoms with Crippen LogP contribution in [-0.2, 0) is 4.79 Å². The van der Waals surface area contributed by atoms with Gasteiger partial charge in [-0.15, -0.1) is 0 Å². The molecule has 0 bridgehead atoms. The number of carbonyl (C=O) groups is 1. The molecule has 5 heteroatoms. The predicted octanol–water partition coefficient (Wildman–Crippen LogP) is 3.33. The first kappa shape index (κ1) is 17.9. The number of likely N-dealkylation sites (N-methyl/N-ethyl adjacent to an activating group) is 1. The van der Waals surface area contributed by atoms with Gasteiger partial charge in [-0.25, -0.2) is 0 Å². The van der Waals surface area contributed by atoms with Crippen LogP contribution in [0.4, 0.5) is 0 Å². The molecule has 142 valence electrons. The topological polar surface area (TPSA) is 50.8 Å². The van der Waals surface area contributed by atoms with Gasteiger partial charge in [0.1, 0.15) is 0 Å². The van der Waals surface area contributed by atoms with E-state index in [1.165, 1.54) is 0 Å². The fourth-order valence-corrected chi connectivity index (χ4v) is 3.75. The molecule has 4 rings (SSSR count). The van der Waals surface area contributed by atoms with Crippen molar-refractivity contribution in [1.82, 2.24) is 10.2 Å². The van der Waals surface area contributed by atoms with Crippen molar-refractivity contribution in [3.8, 4) is 11.5 Å². The highest BCUT2D eigenvalue weighted by molar-refractivity contribution is 5.84. The van der Waals surface area contributed by atoms with Crippen molar-refractivity contribution < 1.29 is 14.3 Å². The Morgan fingerprint density at radius 3 is 2.52 bits per heavy atom. The Kier molecular flexibility index (Phi) is 5.03. The Bertz CT molecular complexity index is 802. The smallest absolute Gasteiger partial charge is 0.231 e. The molecule has 0 radical (unpaired) electrons. The lowest BCUT2D eigenvalue weighted by molar-refractivity contribution is -0.123. The van der Waals surface area contributed by atoms with Crippen molar-refractivity contribution in [3.63, 3.8) is 0 Å². The van der Waals surface area contributed by atoms with Crippen molar-refractivity contribution in [3.05, 3.63) is 59.7 Å². The summed E-state index contributed by atoms with van der Waals surface area (Å²) >= 11 is 0. The molecule has 27 heavy (non-hydrogen) atoms. The minimum Gasteiger partial charge on any atom is -0.454 e. The Hall–Kier alpha value is -2.53. The lowest BCUT2D eigenvalue weighted by Crippen LogP contribution is -2.37. The minimum absolute atomic E-state index is 0.0502. The highest BCUT2D eigenvalue weighted by Gasteiger charge is 2.37. The first-order valence-electron chi connectivity index (χ1n) is 9.52. The van der Waals surface area contributed by atoms with Crippen molar-refractivity contribution in [2.24, 2.45) is 5.92 Å². The Morgan fingerprint density at radius 2 is 1.81 bits per heavy atom. The maximum Gasteiger partial charge on any atom is 0.231 e. The summed E-state index contributed by atoms with van der Waals surface area (Å²) in [5.74, 6) is 2.08. The van der Waals surface area contributed by atoms with Gasteiger partial charge >= 0.3 is 0 Å². The minimum atomic E-state index is -0.0502. The van der Waals surface area contributed by atoms with E-state index in [0.717, 1.165) is 35.5 Å². The average molecular weight is 366 g/mol. The molecular formula is C22H26N2O3. The fraction of sp³-hybridized carbons (Fsp3) is 0.409. The molecule has 0 aromatic heterocycles. The Balaban J connectivity index is 1.47. The summed E-state index contributed by atoms with van der Waals surface area (Å²) in [6, 6.07) is 16.2. The lowest BCUT2D eigenvalue weighted by Gasteiger charge is -2.26. The summed E-state index contributed by atoms with van der Waals surface area (Å²) in [7, 11) is 4.05. The van der Waals surface area contributed by atoms with Crippen molar-refractivity contribution in [1.29, 1.82) is 0 Å². The molecule has 1 aliphatic carbocycles. The molecule has 1 aliphatic heterocycles. The van der Waals surface area contributed by atoms with E-state index in [9.17, 15) is 4.79 Å². The summed E-state index contributed by atoms with van der Waals surface area (Å²) in [6.45, 7) is 0.823. The van der Waals surface area contributed by atoms with Crippen molar-refractivity contribution in [2.45, 2.75) is 24.8 Å². The van der Waals surface area contributed by atoms with Gasteiger partial charge in [-0.2, -0.15) is 0 Å². The maximum atomic E-state index is 13.0. The van der Waals surface area contributed by atoms with Crippen LogP contribution >= 0.6 is 0 Å². The summed E-state index contributed by atoms with van der Waals surface area (Å²) in [5, 5.41) is 3.20. The molecule has 5 nitrogen and oxygen atoms in total. The molecule has 2 unspecified atom stereocenters. The second-order valence-electron chi connectivity index (χ2n) is 7.56. The van der Waals surface area contributed by atoms with Crippen LogP contribution in [0.15, 0.2) is 48.5 Å². The van der Waals surface area contributed by atoms with Gasteiger partial charge in [0.05, 0.1) is 12.0 Å². The number of hydrogen-bond acceptors (Lipinski definition) is 4. The molecule has 1 N–H and O–H groups in total. The highest BCUT2D eigenvalue weighted by atomic mass is 16.7. The number of hydrogen-bond donors (Lipinski definition) is 1. The van der Waals surface area contributed by atoms with Crippen LogP contribution < -0.4 is 14.8 Å². The monoisotopic (exact) mass is 366 g/mol. The predicted molar refractivity (Wildman–Crippen MR) is 104 cm³/mol. The van der Waals surface area contributed by atoms with Crippen LogP contribution in [0.2, 0.25) is 0 Å².